The van der Waals surface area contributed by atoms with Gasteiger partial charge in [-0.3, -0.25) is 0 Å². The number of hydrogen-bond acceptors (Lipinski definition) is 3. The van der Waals surface area contributed by atoms with Crippen molar-refractivity contribution >= 4 is 23.6 Å². The number of benzene rings is 1. The van der Waals surface area contributed by atoms with Crippen molar-refractivity contribution in [3.8, 4) is 0 Å². The third-order valence-corrected chi connectivity index (χ3v) is 5.75. The van der Waals surface area contributed by atoms with Crippen LogP contribution in [0, 0.1) is 5.92 Å². The Morgan fingerprint density at radius 2 is 2.00 bits per heavy atom. The van der Waals surface area contributed by atoms with Crippen molar-refractivity contribution in [2.75, 3.05) is 31.1 Å². The molecule has 3 nitrogen and oxygen atoms in total. The molecule has 0 amide bonds. The van der Waals surface area contributed by atoms with Crippen LogP contribution in [0.1, 0.15) is 37.7 Å². The van der Waals surface area contributed by atoms with Gasteiger partial charge in [0.2, 0.25) is 0 Å². The zero-order valence-corrected chi connectivity index (χ0v) is 15.8. The van der Waals surface area contributed by atoms with E-state index in [0.717, 1.165) is 63.7 Å². The van der Waals surface area contributed by atoms with E-state index in [9.17, 15) is 13.6 Å². The van der Waals surface area contributed by atoms with E-state index in [2.05, 4.69) is 21.9 Å². The van der Waals surface area contributed by atoms with Crippen LogP contribution in [-0.4, -0.2) is 48.8 Å². The van der Waals surface area contributed by atoms with E-state index < -0.39 is 5.38 Å². The van der Waals surface area contributed by atoms with Gasteiger partial charge in [-0.2, -0.15) is 8.78 Å². The van der Waals surface area contributed by atoms with E-state index in [0.29, 0.717) is 6.54 Å². The summed E-state index contributed by atoms with van der Waals surface area (Å²) < 4.78 is 26.0. The van der Waals surface area contributed by atoms with Crippen LogP contribution in [0.5, 0.6) is 0 Å². The maximum Gasteiger partial charge on any atom is 0.322 e. The normalized spacial score (nSPS) is 24.8. The number of likely N-dealkylation sites (tertiary alicyclic amines) is 1. The Morgan fingerprint density at radius 3 is 2.77 bits per heavy atom. The Balaban J connectivity index is 1.60. The van der Waals surface area contributed by atoms with Crippen molar-refractivity contribution in [2.24, 2.45) is 5.92 Å². The molecule has 0 spiro atoms. The Kier molecular flexibility index (Phi) is 6.51. The molecular formula is C20H27ClF2N2O. The number of para-hydroxylation sites is 1. The summed E-state index contributed by atoms with van der Waals surface area (Å²) in [6.07, 6.45) is 5.59. The van der Waals surface area contributed by atoms with E-state index in [4.69, 9.17) is 11.6 Å². The summed E-state index contributed by atoms with van der Waals surface area (Å²) >= 11 is 5.08. The SMILES string of the molecule is O=CC1CCCCN1c1ccccc1CCN1CCC(CC(F)(F)Cl)C1. The third-order valence-electron chi connectivity index (χ3n) is 5.59. The first-order valence-electron chi connectivity index (χ1n) is 9.55. The second-order valence-corrected chi connectivity index (χ2v) is 8.10. The Hall–Kier alpha value is -1.20. The predicted molar refractivity (Wildman–Crippen MR) is 101 cm³/mol. The average molecular weight is 385 g/mol. The number of piperidine rings is 1. The molecule has 0 aromatic heterocycles. The Bertz CT molecular complexity index is 608. The van der Waals surface area contributed by atoms with Crippen molar-refractivity contribution in [1.29, 1.82) is 0 Å². The number of anilines is 1. The molecule has 2 aliphatic rings. The summed E-state index contributed by atoms with van der Waals surface area (Å²) in [4.78, 5) is 15.9. The molecule has 1 aromatic rings. The molecule has 6 heteroatoms. The smallest absolute Gasteiger partial charge is 0.322 e. The molecule has 0 aliphatic carbocycles. The van der Waals surface area contributed by atoms with Gasteiger partial charge in [-0.15, -0.1) is 0 Å². The standard InChI is InChI=1S/C20H27ClF2N2O/c21-20(22,23)13-16-8-11-24(14-16)12-9-17-5-1-2-7-19(17)25-10-4-3-6-18(25)15-26/h1-2,5,7,15-16,18H,3-4,6,8-14H2. The first-order chi connectivity index (χ1) is 12.5. The minimum atomic E-state index is -3.09. The number of halogens is 3. The Labute approximate surface area is 159 Å². The van der Waals surface area contributed by atoms with Crippen molar-refractivity contribution < 1.29 is 13.6 Å². The number of aldehydes is 1. The highest BCUT2D eigenvalue weighted by atomic mass is 35.5. The van der Waals surface area contributed by atoms with Crippen LogP contribution in [0.3, 0.4) is 0 Å². The zero-order valence-electron chi connectivity index (χ0n) is 15.0. The lowest BCUT2D eigenvalue weighted by Gasteiger charge is -2.35. The van der Waals surface area contributed by atoms with Crippen LogP contribution in [0.2, 0.25) is 0 Å². The highest BCUT2D eigenvalue weighted by molar-refractivity contribution is 6.21. The van der Waals surface area contributed by atoms with Gasteiger partial charge in [0.25, 0.3) is 0 Å². The Morgan fingerprint density at radius 1 is 1.19 bits per heavy atom. The van der Waals surface area contributed by atoms with E-state index >= 15 is 0 Å². The van der Waals surface area contributed by atoms with E-state index in [1.165, 1.54) is 5.56 Å². The van der Waals surface area contributed by atoms with Gasteiger partial charge in [0, 0.05) is 31.7 Å². The molecule has 2 aliphatic heterocycles. The van der Waals surface area contributed by atoms with E-state index in [-0.39, 0.29) is 18.4 Å². The summed E-state index contributed by atoms with van der Waals surface area (Å²) in [6, 6.07) is 8.22. The van der Waals surface area contributed by atoms with Gasteiger partial charge in [0.15, 0.2) is 0 Å². The fraction of sp³-hybridized carbons (Fsp3) is 0.650. The number of nitrogens with zero attached hydrogens (tertiary/aromatic N) is 2. The highest BCUT2D eigenvalue weighted by Gasteiger charge is 2.33. The topological polar surface area (TPSA) is 23.6 Å². The summed E-state index contributed by atoms with van der Waals surface area (Å²) in [6.45, 7) is 3.30. The molecule has 144 valence electrons. The van der Waals surface area contributed by atoms with Crippen molar-refractivity contribution in [3.63, 3.8) is 0 Å². The lowest BCUT2D eigenvalue weighted by atomic mass is 9.99. The summed E-state index contributed by atoms with van der Waals surface area (Å²) in [5.74, 6) is -0.0284. The van der Waals surface area contributed by atoms with Crippen LogP contribution in [0.15, 0.2) is 24.3 Å². The van der Waals surface area contributed by atoms with Crippen LogP contribution in [-0.2, 0) is 11.2 Å². The van der Waals surface area contributed by atoms with E-state index in [1.807, 2.05) is 12.1 Å². The minimum Gasteiger partial charge on any atom is -0.362 e. The van der Waals surface area contributed by atoms with E-state index in [1.54, 1.807) is 0 Å². The molecule has 2 heterocycles. The van der Waals surface area contributed by atoms with Gasteiger partial charge in [0.1, 0.15) is 6.29 Å². The van der Waals surface area contributed by atoms with Crippen molar-refractivity contribution in [1.82, 2.24) is 4.90 Å². The minimum absolute atomic E-state index is 0.0284. The quantitative estimate of drug-likeness (QED) is 0.516. The van der Waals surface area contributed by atoms with Gasteiger partial charge in [-0.05, 0) is 67.8 Å². The van der Waals surface area contributed by atoms with Gasteiger partial charge in [0.05, 0.1) is 6.04 Å². The number of alkyl halides is 3. The van der Waals surface area contributed by atoms with Gasteiger partial charge in [-0.1, -0.05) is 18.2 Å². The number of hydrogen-bond donors (Lipinski definition) is 0. The molecule has 2 unspecified atom stereocenters. The molecule has 3 rings (SSSR count). The molecular weight excluding hydrogens is 358 g/mol. The molecule has 2 saturated heterocycles. The molecule has 0 saturated carbocycles. The second-order valence-electron chi connectivity index (χ2n) is 7.55. The molecule has 2 atom stereocenters. The van der Waals surface area contributed by atoms with Crippen LogP contribution < -0.4 is 4.90 Å². The van der Waals surface area contributed by atoms with Gasteiger partial charge in [-0.25, -0.2) is 0 Å². The largest absolute Gasteiger partial charge is 0.362 e. The maximum atomic E-state index is 13.0. The zero-order chi connectivity index (χ0) is 18.6. The van der Waals surface area contributed by atoms with Crippen molar-refractivity contribution in [3.05, 3.63) is 29.8 Å². The molecule has 0 bridgehead atoms. The highest BCUT2D eigenvalue weighted by Crippen LogP contribution is 2.33. The third kappa shape index (κ3) is 5.17. The lowest BCUT2D eigenvalue weighted by Crippen LogP contribution is -2.41. The van der Waals surface area contributed by atoms with Crippen LogP contribution in [0.4, 0.5) is 14.5 Å². The lowest BCUT2D eigenvalue weighted by molar-refractivity contribution is -0.109. The first-order valence-corrected chi connectivity index (χ1v) is 9.93. The monoisotopic (exact) mass is 384 g/mol. The molecule has 2 fully saturated rings. The van der Waals surface area contributed by atoms with Crippen LogP contribution >= 0.6 is 11.6 Å². The maximum absolute atomic E-state index is 13.0. The molecule has 26 heavy (non-hydrogen) atoms. The van der Waals surface area contributed by atoms with Gasteiger partial charge >= 0.3 is 5.38 Å². The number of carbonyl (C=O) groups is 1. The fourth-order valence-electron chi connectivity index (χ4n) is 4.29. The number of rotatable bonds is 7. The predicted octanol–water partition coefficient (Wildman–Crippen LogP) is 4.33. The molecule has 0 N–H and O–H groups in total. The second kappa shape index (κ2) is 8.66. The van der Waals surface area contributed by atoms with Crippen LogP contribution in [0.25, 0.3) is 0 Å². The van der Waals surface area contributed by atoms with Gasteiger partial charge < -0.3 is 14.6 Å². The summed E-state index contributed by atoms with van der Waals surface area (Å²) in [5, 5.41) is -3.09. The van der Waals surface area contributed by atoms with Crippen molar-refractivity contribution in [2.45, 2.75) is 49.9 Å². The average Bonchev–Trinajstić information content (AvgIpc) is 3.05. The number of carbonyl (C=O) groups excluding carboxylic acids is 1. The fourth-order valence-corrected chi connectivity index (χ4v) is 4.51. The summed E-state index contributed by atoms with van der Waals surface area (Å²) in [5.41, 5.74) is 2.37. The first kappa shape index (κ1) is 19.6. The molecule has 1 aromatic carbocycles. The summed E-state index contributed by atoms with van der Waals surface area (Å²) in [7, 11) is 0. The molecule has 0 radical (unpaired) electrons.